The van der Waals surface area contributed by atoms with Gasteiger partial charge in [0.2, 0.25) is 29.5 Å². The molecule has 36 heavy (non-hydrogen) atoms. The summed E-state index contributed by atoms with van der Waals surface area (Å²) in [5.41, 5.74) is 0. The Morgan fingerprint density at radius 1 is 0.861 bits per heavy atom. The Balaban J connectivity index is 2.16. The summed E-state index contributed by atoms with van der Waals surface area (Å²) in [7, 11) is 2.96. The number of nitrogens with one attached hydrogen (secondary N) is 1. The van der Waals surface area contributed by atoms with E-state index in [0.717, 1.165) is 0 Å². The summed E-state index contributed by atoms with van der Waals surface area (Å²) in [6.07, 6.45) is 4.00. The fraction of sp³-hybridized carbons (Fsp3) is 0.762. The third-order valence-corrected chi connectivity index (χ3v) is 11.7. The molecule has 5 amide bonds. The molecular formula is C21H37N6O6PS2. The highest BCUT2D eigenvalue weighted by Crippen LogP contribution is 2.53. The summed E-state index contributed by atoms with van der Waals surface area (Å²) >= 11 is 2.67. The van der Waals surface area contributed by atoms with Crippen molar-refractivity contribution in [2.24, 2.45) is 0 Å². The number of carbonyl (C=O) groups is 5. The van der Waals surface area contributed by atoms with Gasteiger partial charge < -0.3 is 5.32 Å². The number of amides is 5. The number of thioether (sulfide) groups is 2. The molecule has 2 rings (SSSR count). The van der Waals surface area contributed by atoms with Crippen molar-refractivity contribution >= 4 is 60.7 Å². The molecule has 2 heterocycles. The quantitative estimate of drug-likeness (QED) is 0.226. The summed E-state index contributed by atoms with van der Waals surface area (Å²) < 4.78 is 19.2. The van der Waals surface area contributed by atoms with Crippen molar-refractivity contribution in [2.75, 3.05) is 73.4 Å². The molecule has 2 fully saturated rings. The molecule has 0 aromatic rings. The maximum Gasteiger partial charge on any atom is 0.286 e. The number of rotatable bonds is 14. The third kappa shape index (κ3) is 6.70. The van der Waals surface area contributed by atoms with E-state index in [1.54, 1.807) is 47.7 Å². The highest BCUT2D eigenvalue weighted by molar-refractivity contribution is 8.00. The highest BCUT2D eigenvalue weighted by Gasteiger charge is 2.42. The first kappa shape index (κ1) is 30.8. The lowest BCUT2D eigenvalue weighted by molar-refractivity contribution is -0.139. The maximum atomic E-state index is 14.5. The van der Waals surface area contributed by atoms with Crippen molar-refractivity contribution in [3.05, 3.63) is 0 Å². The molecule has 0 aliphatic carbocycles. The van der Waals surface area contributed by atoms with Gasteiger partial charge in [0.25, 0.3) is 7.59 Å². The second-order valence-corrected chi connectivity index (χ2v) is 13.9. The molecule has 12 nitrogen and oxygen atoms in total. The minimum absolute atomic E-state index is 0.0881. The Hall–Kier alpha value is -1.44. The van der Waals surface area contributed by atoms with Gasteiger partial charge in [0, 0.05) is 59.0 Å². The number of carbonyl (C=O) groups excluding carboxylic acids is 5. The number of hydrogen-bond donors (Lipinski definition) is 1. The predicted molar refractivity (Wildman–Crippen MR) is 141 cm³/mol. The molecule has 2 aliphatic rings. The van der Waals surface area contributed by atoms with Gasteiger partial charge >= 0.3 is 0 Å². The number of likely N-dealkylation sites (N-methyl/N-ethyl adjacent to an activating group) is 2. The van der Waals surface area contributed by atoms with E-state index in [1.165, 1.54) is 40.4 Å². The van der Waals surface area contributed by atoms with Crippen LogP contribution >= 0.6 is 31.1 Å². The average molecular weight is 565 g/mol. The van der Waals surface area contributed by atoms with E-state index in [9.17, 15) is 28.5 Å². The Morgan fingerprint density at radius 2 is 1.25 bits per heavy atom. The molecule has 204 valence electrons. The van der Waals surface area contributed by atoms with Crippen molar-refractivity contribution in [1.29, 1.82) is 0 Å². The zero-order chi connectivity index (χ0) is 27.2. The van der Waals surface area contributed by atoms with Crippen molar-refractivity contribution < 1.29 is 28.5 Å². The van der Waals surface area contributed by atoms with Crippen molar-refractivity contribution in [3.63, 3.8) is 0 Å². The first-order valence-electron chi connectivity index (χ1n) is 11.6. The van der Waals surface area contributed by atoms with Gasteiger partial charge in [-0.1, -0.05) is 0 Å². The van der Waals surface area contributed by atoms with Gasteiger partial charge in [-0.25, -0.2) is 14.0 Å². The van der Waals surface area contributed by atoms with Crippen LogP contribution in [0, 0.1) is 0 Å². The van der Waals surface area contributed by atoms with Crippen molar-refractivity contribution in [2.45, 2.75) is 29.8 Å². The van der Waals surface area contributed by atoms with E-state index in [0.29, 0.717) is 0 Å². The standard InChI is InChI=1S/C21H37N6O6PS2/c1-22-17(28)7-8-23(2)34(33,24(3)9-11-26-18(29)13-15(35-5)20(26)31)25(4)10-12-27-19(30)14-16(36-6)21(27)32/h15-16H,7-14H2,1-6H3,(H,22,28). The van der Waals surface area contributed by atoms with Crippen LogP contribution in [0.15, 0.2) is 0 Å². The van der Waals surface area contributed by atoms with Crippen LogP contribution in [0.2, 0.25) is 0 Å². The van der Waals surface area contributed by atoms with Crippen LogP contribution in [0.5, 0.6) is 0 Å². The molecule has 0 aromatic carbocycles. The molecule has 0 aromatic heterocycles. The minimum Gasteiger partial charge on any atom is -0.359 e. The normalized spacial score (nSPS) is 22.5. The van der Waals surface area contributed by atoms with Gasteiger partial charge in [0.05, 0.1) is 10.5 Å². The lowest BCUT2D eigenvalue weighted by Crippen LogP contribution is -2.44. The number of nitrogens with zero attached hydrogens (tertiary/aromatic N) is 5. The number of hydrogen-bond acceptors (Lipinski definition) is 8. The summed E-state index contributed by atoms with van der Waals surface area (Å²) in [6.45, 7) is 0.675. The first-order chi connectivity index (χ1) is 16.9. The van der Waals surface area contributed by atoms with E-state index in [1.807, 2.05) is 0 Å². The van der Waals surface area contributed by atoms with E-state index in [4.69, 9.17) is 0 Å². The monoisotopic (exact) mass is 564 g/mol. The molecular weight excluding hydrogens is 527 g/mol. The molecule has 15 heteroatoms. The van der Waals surface area contributed by atoms with Crippen molar-refractivity contribution in [3.8, 4) is 0 Å². The van der Waals surface area contributed by atoms with Gasteiger partial charge in [-0.15, -0.1) is 0 Å². The van der Waals surface area contributed by atoms with Crippen molar-refractivity contribution in [1.82, 2.24) is 29.1 Å². The zero-order valence-electron chi connectivity index (χ0n) is 21.8. The van der Waals surface area contributed by atoms with Gasteiger partial charge in [0.1, 0.15) is 0 Å². The van der Waals surface area contributed by atoms with Gasteiger partial charge in [-0.3, -0.25) is 38.3 Å². The Morgan fingerprint density at radius 3 is 1.58 bits per heavy atom. The number of imide groups is 2. The van der Waals surface area contributed by atoms with Crippen LogP contribution in [0.25, 0.3) is 0 Å². The molecule has 0 spiro atoms. The van der Waals surface area contributed by atoms with E-state index in [-0.39, 0.29) is 81.5 Å². The van der Waals surface area contributed by atoms with Gasteiger partial charge in [-0.2, -0.15) is 23.5 Å². The third-order valence-electron chi connectivity index (χ3n) is 6.54. The topological polar surface area (TPSA) is 131 Å². The largest absolute Gasteiger partial charge is 0.359 e. The Labute approximate surface area is 221 Å². The molecule has 0 radical (unpaired) electrons. The number of likely N-dealkylation sites (tertiary alicyclic amines) is 2. The predicted octanol–water partition coefficient (Wildman–Crippen LogP) is 0.00700. The Bertz CT molecular complexity index is 867. The molecule has 2 atom stereocenters. The SMILES string of the molecule is CNC(=O)CCN(C)P(=O)(N(C)CCN1C(=O)CC(SC)C1=O)N(C)CCN1C(=O)CC(SC)C1=O. The summed E-state index contributed by atoms with van der Waals surface area (Å²) in [5.74, 6) is -1.19. The second kappa shape index (κ2) is 13.4. The van der Waals surface area contributed by atoms with Crippen LogP contribution < -0.4 is 5.32 Å². The fourth-order valence-electron chi connectivity index (χ4n) is 4.19. The Kier molecular flexibility index (Phi) is 11.4. The molecule has 1 N–H and O–H groups in total. The van der Waals surface area contributed by atoms with Crippen LogP contribution in [0.1, 0.15) is 19.3 Å². The second-order valence-electron chi connectivity index (χ2n) is 8.70. The molecule has 0 saturated carbocycles. The average Bonchev–Trinajstić information content (AvgIpc) is 3.30. The van der Waals surface area contributed by atoms with Crippen LogP contribution in [0.3, 0.4) is 0 Å². The van der Waals surface area contributed by atoms with E-state index >= 15 is 0 Å². The lowest BCUT2D eigenvalue weighted by atomic mass is 10.4. The zero-order valence-corrected chi connectivity index (χ0v) is 24.3. The van der Waals surface area contributed by atoms with Crippen LogP contribution in [-0.4, -0.2) is 137 Å². The first-order valence-corrected chi connectivity index (χ1v) is 15.8. The molecule has 0 bridgehead atoms. The van der Waals surface area contributed by atoms with E-state index in [2.05, 4.69) is 5.32 Å². The summed E-state index contributed by atoms with van der Waals surface area (Å²) in [5, 5.41) is 1.75. The maximum absolute atomic E-state index is 14.5. The molecule has 2 saturated heterocycles. The van der Waals surface area contributed by atoms with E-state index < -0.39 is 18.1 Å². The fourth-order valence-corrected chi connectivity index (χ4v) is 8.09. The summed E-state index contributed by atoms with van der Waals surface area (Å²) in [6, 6.07) is 0. The smallest absolute Gasteiger partial charge is 0.286 e. The molecule has 2 aliphatic heterocycles. The van der Waals surface area contributed by atoms with Crippen LogP contribution in [0.4, 0.5) is 0 Å². The lowest BCUT2D eigenvalue weighted by Gasteiger charge is -2.41. The van der Waals surface area contributed by atoms with Gasteiger partial charge in [-0.05, 0) is 33.7 Å². The summed E-state index contributed by atoms with van der Waals surface area (Å²) in [4.78, 5) is 63.9. The van der Waals surface area contributed by atoms with Crippen LogP contribution in [-0.2, 0) is 28.5 Å². The van der Waals surface area contributed by atoms with Gasteiger partial charge in [0.15, 0.2) is 0 Å². The minimum atomic E-state index is -3.49. The highest BCUT2D eigenvalue weighted by atomic mass is 32.2. The molecule has 2 unspecified atom stereocenters.